The lowest BCUT2D eigenvalue weighted by atomic mass is 9.96. The number of hydrogen-bond donors (Lipinski definition) is 3. The van der Waals surface area contributed by atoms with Crippen LogP contribution in [0, 0.1) is 0 Å². The highest BCUT2D eigenvalue weighted by molar-refractivity contribution is 5.97. The first kappa shape index (κ1) is 15.1. The lowest BCUT2D eigenvalue weighted by Crippen LogP contribution is -2.33. The van der Waals surface area contributed by atoms with Gasteiger partial charge >= 0.3 is 0 Å². The zero-order valence-electron chi connectivity index (χ0n) is 12.5. The lowest BCUT2D eigenvalue weighted by molar-refractivity contribution is 0.0946. The third-order valence-electron chi connectivity index (χ3n) is 3.81. The summed E-state index contributed by atoms with van der Waals surface area (Å²) in [6.45, 7) is 4.91. The van der Waals surface area contributed by atoms with Gasteiger partial charge in [-0.05, 0) is 49.6 Å². The number of nitrogens with two attached hydrogens (primary N) is 1. The molecule has 1 aromatic rings. The molecule has 1 aliphatic heterocycles. The van der Waals surface area contributed by atoms with Crippen LogP contribution in [0.2, 0.25) is 0 Å². The van der Waals surface area contributed by atoms with E-state index >= 15 is 0 Å². The number of hydrogen-bond acceptors (Lipinski definition) is 3. The van der Waals surface area contributed by atoms with Gasteiger partial charge in [-0.15, -0.1) is 0 Å². The maximum atomic E-state index is 11.7. The Balaban J connectivity index is 2.20. The fraction of sp³-hybridized carbons (Fsp3) is 0.375. The number of rotatable bonds is 5. The molecule has 0 aliphatic carbocycles. The highest BCUT2D eigenvalue weighted by Crippen LogP contribution is 2.24. The first-order chi connectivity index (χ1) is 10.1. The van der Waals surface area contributed by atoms with Gasteiger partial charge in [-0.1, -0.05) is 6.92 Å². The van der Waals surface area contributed by atoms with E-state index in [0.29, 0.717) is 6.54 Å². The number of aliphatic imine (C=N–C) groups is 1. The topological polar surface area (TPSA) is 79.5 Å². The molecule has 1 aliphatic rings. The molecule has 0 spiro atoms. The molecule has 0 radical (unpaired) electrons. The number of carbonyl (C=O) groups is 1. The van der Waals surface area contributed by atoms with Crippen molar-refractivity contribution < 1.29 is 4.79 Å². The fourth-order valence-electron chi connectivity index (χ4n) is 2.34. The Morgan fingerprint density at radius 2 is 2.33 bits per heavy atom. The summed E-state index contributed by atoms with van der Waals surface area (Å²) in [5, 5.41) is 6.35. The van der Waals surface area contributed by atoms with Gasteiger partial charge in [0.25, 0.3) is 5.91 Å². The predicted octanol–water partition coefficient (Wildman–Crippen LogP) is 2.05. The van der Waals surface area contributed by atoms with Crippen molar-refractivity contribution in [1.29, 1.82) is 0 Å². The normalized spacial score (nSPS) is 17.5. The van der Waals surface area contributed by atoms with Gasteiger partial charge in [0.15, 0.2) is 0 Å². The van der Waals surface area contributed by atoms with Crippen LogP contribution in [-0.4, -0.2) is 24.3 Å². The van der Waals surface area contributed by atoms with Crippen molar-refractivity contribution in [2.75, 3.05) is 11.9 Å². The molecule has 1 unspecified atom stereocenters. The molecule has 0 saturated carbocycles. The molecule has 1 atom stereocenters. The highest BCUT2D eigenvalue weighted by Gasteiger charge is 2.20. The van der Waals surface area contributed by atoms with Crippen LogP contribution in [-0.2, 0) is 6.42 Å². The Morgan fingerprint density at radius 1 is 1.52 bits per heavy atom. The van der Waals surface area contributed by atoms with Crippen molar-refractivity contribution in [3.8, 4) is 0 Å². The lowest BCUT2D eigenvalue weighted by Gasteiger charge is -2.28. The van der Waals surface area contributed by atoms with Crippen molar-refractivity contribution in [2.24, 2.45) is 10.7 Å². The highest BCUT2D eigenvalue weighted by atomic mass is 16.1. The molecule has 5 heteroatoms. The average molecular weight is 286 g/mol. The van der Waals surface area contributed by atoms with E-state index in [1.54, 1.807) is 6.20 Å². The molecule has 21 heavy (non-hydrogen) atoms. The van der Waals surface area contributed by atoms with E-state index in [1.165, 1.54) is 6.34 Å². The average Bonchev–Trinajstić information content (AvgIpc) is 2.48. The van der Waals surface area contributed by atoms with Crippen molar-refractivity contribution in [3.05, 3.63) is 41.6 Å². The van der Waals surface area contributed by atoms with E-state index in [2.05, 4.69) is 35.5 Å². The standard InChI is InChI=1S/C16H22N4O/c1-3-16(2,7-9-18-11-17)20-13-4-5-14-12(10-13)6-8-19-15(14)21/h4-5,7,9-11,20H,3,6,8H2,1-2H3,(H2,17,18)(H,19,21)/b9-7-. The molecule has 0 fully saturated rings. The molecule has 1 amide bonds. The maximum Gasteiger partial charge on any atom is 0.251 e. The van der Waals surface area contributed by atoms with E-state index in [-0.39, 0.29) is 11.4 Å². The first-order valence-electron chi connectivity index (χ1n) is 7.18. The van der Waals surface area contributed by atoms with E-state index in [4.69, 9.17) is 5.73 Å². The Morgan fingerprint density at radius 3 is 3.05 bits per heavy atom. The van der Waals surface area contributed by atoms with Gasteiger partial charge in [0.2, 0.25) is 0 Å². The smallest absolute Gasteiger partial charge is 0.251 e. The molecular weight excluding hydrogens is 264 g/mol. The van der Waals surface area contributed by atoms with Crippen molar-refractivity contribution in [1.82, 2.24) is 5.32 Å². The van der Waals surface area contributed by atoms with Crippen LogP contribution in [0.4, 0.5) is 5.69 Å². The second-order valence-corrected chi connectivity index (χ2v) is 5.39. The molecule has 0 aromatic heterocycles. The Labute approximate surface area is 125 Å². The van der Waals surface area contributed by atoms with Gasteiger partial charge in [0.1, 0.15) is 0 Å². The van der Waals surface area contributed by atoms with Gasteiger partial charge in [-0.3, -0.25) is 4.79 Å². The van der Waals surface area contributed by atoms with Crippen molar-refractivity contribution >= 4 is 17.9 Å². The predicted molar refractivity (Wildman–Crippen MR) is 86.6 cm³/mol. The molecule has 2 rings (SSSR count). The number of anilines is 1. The number of nitrogens with zero attached hydrogens (tertiary/aromatic N) is 1. The number of carbonyl (C=O) groups excluding carboxylic acids is 1. The van der Waals surface area contributed by atoms with Crippen LogP contribution in [0.1, 0.15) is 36.2 Å². The SMILES string of the molecule is CCC(C)(/C=C\N=C/N)Nc1ccc2c(c1)CCNC2=O. The third kappa shape index (κ3) is 3.62. The van der Waals surface area contributed by atoms with Crippen LogP contribution < -0.4 is 16.4 Å². The van der Waals surface area contributed by atoms with Crippen molar-refractivity contribution in [3.63, 3.8) is 0 Å². The second-order valence-electron chi connectivity index (χ2n) is 5.39. The number of fused-ring (bicyclic) bond motifs is 1. The van der Waals surface area contributed by atoms with Gasteiger partial charge in [0, 0.05) is 24.0 Å². The zero-order chi connectivity index (χ0) is 15.3. The van der Waals surface area contributed by atoms with E-state index in [9.17, 15) is 4.79 Å². The van der Waals surface area contributed by atoms with Crippen LogP contribution in [0.5, 0.6) is 0 Å². The minimum atomic E-state index is -0.211. The summed E-state index contributed by atoms with van der Waals surface area (Å²) in [5.74, 6) is 0.0123. The van der Waals surface area contributed by atoms with E-state index in [0.717, 1.165) is 29.7 Å². The zero-order valence-corrected chi connectivity index (χ0v) is 12.5. The summed E-state index contributed by atoms with van der Waals surface area (Å²) in [7, 11) is 0. The number of nitrogens with one attached hydrogen (secondary N) is 2. The summed E-state index contributed by atoms with van der Waals surface area (Å²) in [6, 6.07) is 5.88. The molecule has 1 heterocycles. The molecular formula is C16H22N4O. The van der Waals surface area contributed by atoms with Crippen LogP contribution in [0.3, 0.4) is 0 Å². The fourth-order valence-corrected chi connectivity index (χ4v) is 2.34. The summed E-state index contributed by atoms with van der Waals surface area (Å²) < 4.78 is 0. The summed E-state index contributed by atoms with van der Waals surface area (Å²) in [6.07, 6.45) is 6.73. The van der Waals surface area contributed by atoms with Crippen LogP contribution >= 0.6 is 0 Å². The largest absolute Gasteiger partial charge is 0.390 e. The Hall–Kier alpha value is -2.30. The summed E-state index contributed by atoms with van der Waals surface area (Å²) >= 11 is 0. The third-order valence-corrected chi connectivity index (χ3v) is 3.81. The Kier molecular flexibility index (Phi) is 4.62. The monoisotopic (exact) mass is 286 g/mol. The van der Waals surface area contributed by atoms with Crippen LogP contribution in [0.15, 0.2) is 35.5 Å². The molecule has 112 valence electrons. The van der Waals surface area contributed by atoms with Gasteiger partial charge in [-0.25, -0.2) is 4.99 Å². The number of amides is 1. The summed E-state index contributed by atoms with van der Waals surface area (Å²) in [4.78, 5) is 15.6. The van der Waals surface area contributed by atoms with Gasteiger partial charge in [0.05, 0.1) is 11.9 Å². The minimum Gasteiger partial charge on any atom is -0.390 e. The molecule has 1 aromatic carbocycles. The quantitative estimate of drug-likeness (QED) is 0.572. The van der Waals surface area contributed by atoms with Crippen LogP contribution in [0.25, 0.3) is 0 Å². The van der Waals surface area contributed by atoms with Crippen molar-refractivity contribution in [2.45, 2.75) is 32.2 Å². The molecule has 5 nitrogen and oxygen atoms in total. The van der Waals surface area contributed by atoms with E-state index < -0.39 is 0 Å². The second kappa shape index (κ2) is 6.43. The minimum absolute atomic E-state index is 0.0123. The first-order valence-corrected chi connectivity index (χ1v) is 7.18. The molecule has 4 N–H and O–H groups in total. The maximum absolute atomic E-state index is 11.7. The summed E-state index contributed by atoms with van der Waals surface area (Å²) in [5.41, 5.74) is 7.90. The van der Waals surface area contributed by atoms with Gasteiger partial charge in [-0.2, -0.15) is 0 Å². The molecule has 0 saturated heterocycles. The van der Waals surface area contributed by atoms with Gasteiger partial charge < -0.3 is 16.4 Å². The van der Waals surface area contributed by atoms with E-state index in [1.807, 2.05) is 18.2 Å². The Bertz CT molecular complexity index is 580. The number of benzene rings is 1. The molecule has 0 bridgehead atoms.